The summed E-state index contributed by atoms with van der Waals surface area (Å²) in [7, 11) is 0. The molecule has 4 nitrogen and oxygen atoms in total. The number of carbonyl (C=O) groups excluding carboxylic acids is 2. The van der Waals surface area contributed by atoms with E-state index < -0.39 is 0 Å². The van der Waals surface area contributed by atoms with E-state index in [4.69, 9.17) is 5.73 Å². The molecule has 0 aromatic heterocycles. The smallest absolute Gasteiger partial charge is 0.260 e. The van der Waals surface area contributed by atoms with Crippen molar-refractivity contribution < 1.29 is 9.59 Å². The molecule has 1 saturated carbocycles. The van der Waals surface area contributed by atoms with Crippen LogP contribution >= 0.6 is 0 Å². The maximum Gasteiger partial charge on any atom is 0.260 e. The number of nitrogens with zero attached hydrogens (tertiary/aromatic N) is 1. The van der Waals surface area contributed by atoms with Crippen LogP contribution in [0.15, 0.2) is 24.3 Å². The maximum atomic E-state index is 12.3. The van der Waals surface area contributed by atoms with Gasteiger partial charge in [0.15, 0.2) is 0 Å². The Morgan fingerprint density at radius 3 is 2.61 bits per heavy atom. The molecule has 1 aliphatic carbocycles. The van der Waals surface area contributed by atoms with Crippen molar-refractivity contribution in [2.24, 2.45) is 5.73 Å². The normalized spacial score (nSPS) is 21.5. The van der Waals surface area contributed by atoms with E-state index in [-0.39, 0.29) is 17.4 Å². The van der Waals surface area contributed by atoms with Crippen LogP contribution < -0.4 is 5.73 Å². The van der Waals surface area contributed by atoms with Gasteiger partial charge < -0.3 is 5.73 Å². The van der Waals surface area contributed by atoms with Crippen molar-refractivity contribution in [2.75, 3.05) is 6.54 Å². The lowest BCUT2D eigenvalue weighted by Gasteiger charge is -2.42. The van der Waals surface area contributed by atoms with Gasteiger partial charge in [0.2, 0.25) is 5.91 Å². The van der Waals surface area contributed by atoms with Crippen LogP contribution in [0.25, 0.3) is 0 Å². The molecule has 2 N–H and O–H groups in total. The summed E-state index contributed by atoms with van der Waals surface area (Å²) in [6.45, 7) is 0.360. The molecule has 1 heterocycles. The average molecular weight is 244 g/mol. The molecule has 1 aromatic carbocycles. The molecule has 1 aliphatic heterocycles. The van der Waals surface area contributed by atoms with Crippen molar-refractivity contribution in [1.82, 2.24) is 4.90 Å². The molecule has 0 saturated heterocycles. The van der Waals surface area contributed by atoms with E-state index in [0.717, 1.165) is 24.8 Å². The van der Waals surface area contributed by atoms with Crippen molar-refractivity contribution in [1.29, 1.82) is 0 Å². The summed E-state index contributed by atoms with van der Waals surface area (Å²) in [6, 6.07) is 7.29. The van der Waals surface area contributed by atoms with E-state index in [9.17, 15) is 9.59 Å². The fourth-order valence-corrected chi connectivity index (χ4v) is 2.66. The van der Waals surface area contributed by atoms with Crippen LogP contribution in [-0.2, 0) is 11.2 Å². The van der Waals surface area contributed by atoms with Gasteiger partial charge in [-0.2, -0.15) is 0 Å². The van der Waals surface area contributed by atoms with E-state index >= 15 is 0 Å². The molecule has 94 valence electrons. The van der Waals surface area contributed by atoms with Crippen LogP contribution in [0.1, 0.15) is 35.2 Å². The van der Waals surface area contributed by atoms with E-state index in [0.29, 0.717) is 18.5 Å². The van der Waals surface area contributed by atoms with Crippen molar-refractivity contribution in [3.8, 4) is 0 Å². The topological polar surface area (TPSA) is 63.4 Å². The molecule has 2 amide bonds. The summed E-state index contributed by atoms with van der Waals surface area (Å²) in [4.78, 5) is 25.7. The Hall–Kier alpha value is -1.68. The van der Waals surface area contributed by atoms with Gasteiger partial charge in [-0.25, -0.2) is 0 Å². The van der Waals surface area contributed by atoms with Gasteiger partial charge in [0, 0.05) is 17.6 Å². The number of hydrogen-bond donors (Lipinski definition) is 1. The first kappa shape index (κ1) is 11.4. The van der Waals surface area contributed by atoms with Crippen molar-refractivity contribution >= 4 is 11.8 Å². The van der Waals surface area contributed by atoms with Crippen LogP contribution in [0, 0.1) is 0 Å². The maximum absolute atomic E-state index is 12.3. The number of nitrogens with two attached hydrogens (primary N) is 1. The number of benzene rings is 1. The molecule has 4 heteroatoms. The monoisotopic (exact) mass is 244 g/mol. The Balaban J connectivity index is 1.88. The van der Waals surface area contributed by atoms with E-state index in [1.54, 1.807) is 6.07 Å². The van der Waals surface area contributed by atoms with Crippen molar-refractivity contribution in [3.63, 3.8) is 0 Å². The largest absolute Gasteiger partial charge is 0.324 e. The summed E-state index contributed by atoms with van der Waals surface area (Å²) in [5.41, 5.74) is 7.24. The van der Waals surface area contributed by atoms with Gasteiger partial charge in [-0.3, -0.25) is 14.5 Å². The van der Waals surface area contributed by atoms with Gasteiger partial charge in [0.25, 0.3) is 5.91 Å². The van der Waals surface area contributed by atoms with Crippen LogP contribution in [0.5, 0.6) is 0 Å². The van der Waals surface area contributed by atoms with Crippen LogP contribution in [0.3, 0.4) is 0 Å². The number of fused-ring (bicyclic) bond motifs is 1. The summed E-state index contributed by atoms with van der Waals surface area (Å²) < 4.78 is 0. The lowest BCUT2D eigenvalue weighted by atomic mass is 9.77. The van der Waals surface area contributed by atoms with Gasteiger partial charge in [-0.15, -0.1) is 0 Å². The molecule has 3 rings (SSSR count). The Kier molecular flexibility index (Phi) is 2.48. The summed E-state index contributed by atoms with van der Waals surface area (Å²) >= 11 is 0. The van der Waals surface area contributed by atoms with Gasteiger partial charge in [0.05, 0.1) is 6.42 Å². The second-order valence-corrected chi connectivity index (χ2v) is 5.33. The van der Waals surface area contributed by atoms with Gasteiger partial charge in [-0.1, -0.05) is 18.2 Å². The number of carbonyl (C=O) groups is 2. The molecule has 1 fully saturated rings. The minimum Gasteiger partial charge on any atom is -0.324 e. The zero-order valence-corrected chi connectivity index (χ0v) is 10.2. The SMILES string of the molecule is NC1(CN2C(=O)Cc3ccccc3C2=O)CCC1. The highest BCUT2D eigenvalue weighted by molar-refractivity contribution is 6.09. The molecule has 2 aliphatic rings. The first-order valence-electron chi connectivity index (χ1n) is 6.31. The first-order valence-corrected chi connectivity index (χ1v) is 6.31. The minimum atomic E-state index is -0.350. The molecular formula is C14H16N2O2. The number of imide groups is 1. The molecule has 1 aromatic rings. The van der Waals surface area contributed by atoms with Crippen LogP contribution in [0.2, 0.25) is 0 Å². The molecular weight excluding hydrogens is 228 g/mol. The Morgan fingerprint density at radius 2 is 1.94 bits per heavy atom. The molecule has 0 radical (unpaired) electrons. The van der Waals surface area contributed by atoms with Gasteiger partial charge >= 0.3 is 0 Å². The average Bonchev–Trinajstić information content (AvgIpc) is 2.32. The molecule has 0 unspecified atom stereocenters. The second kappa shape index (κ2) is 3.92. The lowest BCUT2D eigenvalue weighted by Crippen LogP contribution is -2.58. The fourth-order valence-electron chi connectivity index (χ4n) is 2.66. The summed E-state index contributed by atoms with van der Waals surface area (Å²) in [5.74, 6) is -0.325. The van der Waals surface area contributed by atoms with E-state index in [1.165, 1.54) is 4.90 Å². The van der Waals surface area contributed by atoms with Gasteiger partial charge in [-0.05, 0) is 30.9 Å². The molecule has 0 bridgehead atoms. The highest BCUT2D eigenvalue weighted by atomic mass is 16.2. The zero-order valence-electron chi connectivity index (χ0n) is 10.2. The zero-order chi connectivity index (χ0) is 12.8. The third-order valence-corrected chi connectivity index (χ3v) is 3.96. The molecule has 0 atom stereocenters. The second-order valence-electron chi connectivity index (χ2n) is 5.33. The molecule has 0 spiro atoms. The number of amides is 2. The Bertz CT molecular complexity index is 520. The molecule has 18 heavy (non-hydrogen) atoms. The Morgan fingerprint density at radius 1 is 1.22 bits per heavy atom. The van der Waals surface area contributed by atoms with E-state index in [2.05, 4.69) is 0 Å². The summed E-state index contributed by atoms with van der Waals surface area (Å²) in [5, 5.41) is 0. The quantitative estimate of drug-likeness (QED) is 0.792. The third-order valence-electron chi connectivity index (χ3n) is 3.96. The third kappa shape index (κ3) is 1.73. The van der Waals surface area contributed by atoms with Crippen molar-refractivity contribution in [2.45, 2.75) is 31.2 Å². The fraction of sp³-hybridized carbons (Fsp3) is 0.429. The standard InChI is InChI=1S/C14H16N2O2/c15-14(6-3-7-14)9-16-12(17)8-10-4-1-2-5-11(10)13(16)18/h1-2,4-5H,3,6-9,15H2. The Labute approximate surface area is 106 Å². The predicted molar refractivity (Wildman–Crippen MR) is 67.0 cm³/mol. The highest BCUT2D eigenvalue weighted by Gasteiger charge is 2.40. The van der Waals surface area contributed by atoms with Gasteiger partial charge in [0.1, 0.15) is 0 Å². The predicted octanol–water partition coefficient (Wildman–Crippen LogP) is 1.09. The summed E-state index contributed by atoms with van der Waals surface area (Å²) in [6.07, 6.45) is 3.18. The van der Waals surface area contributed by atoms with Crippen molar-refractivity contribution in [3.05, 3.63) is 35.4 Å². The number of hydrogen-bond acceptors (Lipinski definition) is 3. The van der Waals surface area contributed by atoms with Crippen LogP contribution in [0.4, 0.5) is 0 Å². The lowest BCUT2D eigenvalue weighted by molar-refractivity contribution is -0.129. The van der Waals surface area contributed by atoms with Crippen LogP contribution in [-0.4, -0.2) is 28.8 Å². The number of rotatable bonds is 2. The van der Waals surface area contributed by atoms with E-state index in [1.807, 2.05) is 18.2 Å². The minimum absolute atomic E-state index is 0.129. The highest BCUT2D eigenvalue weighted by Crippen LogP contribution is 2.31. The first-order chi connectivity index (χ1) is 8.59.